The maximum Gasteiger partial charge on any atom is 0.0414 e. The summed E-state index contributed by atoms with van der Waals surface area (Å²) in [6, 6.07) is 14.4. The Bertz CT molecular complexity index is 788. The number of rotatable bonds is 6. The number of para-hydroxylation sites is 1. The van der Waals surface area contributed by atoms with Crippen molar-refractivity contribution in [2.24, 2.45) is 0 Å². The predicted octanol–water partition coefficient (Wildman–Crippen LogP) is 3.44. The van der Waals surface area contributed by atoms with Crippen LogP contribution in [0.2, 0.25) is 0 Å². The summed E-state index contributed by atoms with van der Waals surface area (Å²) < 4.78 is 0. The second-order valence-electron chi connectivity index (χ2n) is 6.64. The van der Waals surface area contributed by atoms with E-state index < -0.39 is 0 Å². The highest BCUT2D eigenvalue weighted by molar-refractivity contribution is 5.84. The number of nitrogens with one attached hydrogen (secondary N) is 2. The van der Waals surface area contributed by atoms with Crippen LogP contribution in [0, 0.1) is 0 Å². The zero-order valence-electron chi connectivity index (χ0n) is 15.5. The molecule has 0 spiro atoms. The van der Waals surface area contributed by atoms with Crippen LogP contribution in [0.1, 0.15) is 16.7 Å². The Morgan fingerprint density at radius 3 is 2.73 bits per heavy atom. The monoisotopic (exact) mass is 348 g/mol. The molecule has 0 radical (unpaired) electrons. The van der Waals surface area contributed by atoms with Crippen molar-refractivity contribution in [1.29, 1.82) is 0 Å². The van der Waals surface area contributed by atoms with Gasteiger partial charge in [-0.1, -0.05) is 49.1 Å². The van der Waals surface area contributed by atoms with E-state index >= 15 is 0 Å². The van der Waals surface area contributed by atoms with Gasteiger partial charge in [0.05, 0.1) is 0 Å². The molecule has 4 nitrogen and oxygen atoms in total. The Morgan fingerprint density at radius 2 is 2.00 bits per heavy atom. The van der Waals surface area contributed by atoms with Crippen LogP contribution in [0.5, 0.6) is 0 Å². The van der Waals surface area contributed by atoms with Gasteiger partial charge in [0.15, 0.2) is 0 Å². The van der Waals surface area contributed by atoms with Crippen LogP contribution in [-0.2, 0) is 6.54 Å². The first-order valence-electron chi connectivity index (χ1n) is 9.13. The minimum Gasteiger partial charge on any atom is -0.398 e. The fourth-order valence-electron chi connectivity index (χ4n) is 3.26. The van der Waals surface area contributed by atoms with Gasteiger partial charge in [0.25, 0.3) is 0 Å². The first-order valence-corrected chi connectivity index (χ1v) is 9.13. The number of hydrogen-bond acceptors (Lipinski definition) is 4. The van der Waals surface area contributed by atoms with E-state index in [0.717, 1.165) is 60.8 Å². The van der Waals surface area contributed by atoms with Gasteiger partial charge >= 0.3 is 0 Å². The summed E-state index contributed by atoms with van der Waals surface area (Å²) in [5.41, 5.74) is 12.3. The van der Waals surface area contributed by atoms with Crippen LogP contribution in [0.15, 0.2) is 55.1 Å². The van der Waals surface area contributed by atoms with Gasteiger partial charge in [-0.3, -0.25) is 4.90 Å². The van der Waals surface area contributed by atoms with E-state index in [4.69, 9.17) is 5.73 Å². The lowest BCUT2D eigenvalue weighted by Gasteiger charge is -2.27. The highest BCUT2D eigenvalue weighted by atomic mass is 15.2. The van der Waals surface area contributed by atoms with Crippen molar-refractivity contribution in [1.82, 2.24) is 10.2 Å². The molecule has 0 unspecified atom stereocenters. The van der Waals surface area contributed by atoms with E-state index in [9.17, 15) is 0 Å². The third kappa shape index (κ3) is 4.54. The molecule has 3 rings (SSSR count). The summed E-state index contributed by atoms with van der Waals surface area (Å²) >= 11 is 0. The molecule has 1 aliphatic heterocycles. The van der Waals surface area contributed by atoms with Crippen molar-refractivity contribution in [3.63, 3.8) is 0 Å². The van der Waals surface area contributed by atoms with E-state index in [1.807, 2.05) is 37.4 Å². The number of allylic oxidation sites excluding steroid dienone is 2. The first-order chi connectivity index (χ1) is 12.7. The Morgan fingerprint density at radius 1 is 1.23 bits per heavy atom. The van der Waals surface area contributed by atoms with Crippen molar-refractivity contribution in [2.45, 2.75) is 6.54 Å². The average molecular weight is 348 g/mol. The number of nitrogens with two attached hydrogens (primary N) is 1. The van der Waals surface area contributed by atoms with Gasteiger partial charge in [0.1, 0.15) is 0 Å². The Hall–Kier alpha value is -2.56. The van der Waals surface area contributed by atoms with Crippen LogP contribution in [-0.4, -0.2) is 38.1 Å². The molecule has 0 aliphatic carbocycles. The fourth-order valence-corrected chi connectivity index (χ4v) is 3.26. The second kappa shape index (κ2) is 8.70. The van der Waals surface area contributed by atoms with E-state index in [1.165, 1.54) is 5.56 Å². The maximum absolute atomic E-state index is 6.04. The highest BCUT2D eigenvalue weighted by Crippen LogP contribution is 2.24. The Balaban J connectivity index is 1.73. The van der Waals surface area contributed by atoms with Gasteiger partial charge in [-0.15, -0.1) is 0 Å². The Labute approximate surface area is 156 Å². The second-order valence-corrected chi connectivity index (χ2v) is 6.64. The van der Waals surface area contributed by atoms with Gasteiger partial charge in [-0.2, -0.15) is 0 Å². The van der Waals surface area contributed by atoms with Crippen LogP contribution < -0.4 is 16.4 Å². The third-order valence-corrected chi connectivity index (χ3v) is 4.77. The number of anilines is 2. The lowest BCUT2D eigenvalue weighted by Crippen LogP contribution is -2.42. The molecule has 1 saturated heterocycles. The lowest BCUT2D eigenvalue weighted by molar-refractivity contribution is 0.233. The molecule has 4 N–H and O–H groups in total. The van der Waals surface area contributed by atoms with Crippen molar-refractivity contribution in [3.05, 3.63) is 71.8 Å². The minimum absolute atomic E-state index is 0.752. The Kier molecular flexibility index (Phi) is 6.10. The van der Waals surface area contributed by atoms with E-state index in [0.29, 0.717) is 0 Å². The molecule has 4 heteroatoms. The average Bonchev–Trinajstić information content (AvgIpc) is 2.67. The molecule has 1 heterocycles. The van der Waals surface area contributed by atoms with Crippen LogP contribution >= 0.6 is 0 Å². The van der Waals surface area contributed by atoms with E-state index in [2.05, 4.69) is 46.4 Å². The molecular formula is C22H28N4. The summed E-state index contributed by atoms with van der Waals surface area (Å²) in [7, 11) is 1.96. The topological polar surface area (TPSA) is 53.3 Å². The lowest BCUT2D eigenvalue weighted by atomic mass is 10.0. The highest BCUT2D eigenvalue weighted by Gasteiger charge is 2.10. The number of hydrogen-bond donors (Lipinski definition) is 3. The zero-order chi connectivity index (χ0) is 18.4. The molecule has 0 aromatic heterocycles. The molecule has 0 amide bonds. The number of benzene rings is 2. The van der Waals surface area contributed by atoms with Gasteiger partial charge in [-0.25, -0.2) is 0 Å². The molecule has 0 saturated carbocycles. The molecule has 1 aliphatic rings. The summed E-state index contributed by atoms with van der Waals surface area (Å²) in [5.74, 6) is 0. The molecule has 0 atom stereocenters. The summed E-state index contributed by atoms with van der Waals surface area (Å²) in [4.78, 5) is 2.49. The molecule has 1 fully saturated rings. The van der Waals surface area contributed by atoms with Crippen molar-refractivity contribution in [2.75, 3.05) is 44.3 Å². The molecule has 26 heavy (non-hydrogen) atoms. The van der Waals surface area contributed by atoms with Crippen molar-refractivity contribution >= 4 is 23.0 Å². The molecular weight excluding hydrogens is 320 g/mol. The van der Waals surface area contributed by atoms with E-state index in [1.54, 1.807) is 0 Å². The van der Waals surface area contributed by atoms with E-state index in [-0.39, 0.29) is 0 Å². The van der Waals surface area contributed by atoms with Crippen LogP contribution in [0.4, 0.5) is 11.4 Å². The SMILES string of the molecule is C=C(/C=C/c1ccc(CN2CCNCC2)cc1NC)c1ccccc1N. The normalized spacial score (nSPS) is 15.3. The standard InChI is InChI=1S/C22H28N4/c1-17(20-5-3-4-6-21(20)23)7-9-19-10-8-18(15-22(19)24-2)16-26-13-11-25-12-14-26/h3-10,15,24-25H,1,11-14,16,23H2,2H3/b9-7+. The van der Waals surface area contributed by atoms with Gasteiger partial charge < -0.3 is 16.4 Å². The molecule has 0 bridgehead atoms. The summed E-state index contributed by atoms with van der Waals surface area (Å²) in [6.45, 7) is 9.50. The smallest absolute Gasteiger partial charge is 0.0414 e. The van der Waals surface area contributed by atoms with Crippen molar-refractivity contribution < 1.29 is 0 Å². The minimum atomic E-state index is 0.752. The van der Waals surface area contributed by atoms with Gasteiger partial charge in [-0.05, 0) is 28.8 Å². The maximum atomic E-state index is 6.04. The predicted molar refractivity (Wildman–Crippen MR) is 113 cm³/mol. The first kappa shape index (κ1) is 18.2. The van der Waals surface area contributed by atoms with Crippen LogP contribution in [0.25, 0.3) is 11.6 Å². The molecule has 2 aromatic carbocycles. The zero-order valence-corrected chi connectivity index (χ0v) is 15.5. The quantitative estimate of drug-likeness (QED) is 0.553. The summed E-state index contributed by atoms with van der Waals surface area (Å²) in [6.07, 6.45) is 4.12. The van der Waals surface area contributed by atoms with Crippen molar-refractivity contribution in [3.8, 4) is 0 Å². The molecule has 2 aromatic rings. The fraction of sp³-hybridized carbons (Fsp3) is 0.273. The number of nitrogen functional groups attached to an aromatic ring is 1. The largest absolute Gasteiger partial charge is 0.398 e. The summed E-state index contributed by atoms with van der Waals surface area (Å²) in [5, 5.41) is 6.71. The number of piperazine rings is 1. The van der Waals surface area contributed by atoms with Gasteiger partial charge in [0.2, 0.25) is 0 Å². The van der Waals surface area contributed by atoms with Crippen LogP contribution in [0.3, 0.4) is 0 Å². The molecule has 136 valence electrons. The van der Waals surface area contributed by atoms with Gasteiger partial charge in [0, 0.05) is 56.7 Å². The third-order valence-electron chi connectivity index (χ3n) is 4.77. The number of nitrogens with zero attached hydrogens (tertiary/aromatic N) is 1.